The number of carbonyl (C=O) groups excluding carboxylic acids is 1. The number of hydrogen-bond donors (Lipinski definition) is 2. The molecule has 2 N–H and O–H groups in total. The normalized spacial score (nSPS) is 10.3. The van der Waals surface area contributed by atoms with Crippen LogP contribution in [0.3, 0.4) is 0 Å². The Labute approximate surface area is 120 Å². The van der Waals surface area contributed by atoms with Crippen molar-refractivity contribution in [2.45, 2.75) is 6.92 Å². The van der Waals surface area contributed by atoms with Gasteiger partial charge in [-0.25, -0.2) is 4.79 Å². The monoisotopic (exact) mass is 292 g/mol. The average molecular weight is 293 g/mol. The molecule has 2 rings (SSSR count). The van der Waals surface area contributed by atoms with Crippen molar-refractivity contribution in [2.24, 2.45) is 7.05 Å². The lowest BCUT2D eigenvalue weighted by Gasteiger charge is -2.09. The second kappa shape index (κ2) is 5.38. The van der Waals surface area contributed by atoms with Crippen molar-refractivity contribution in [3.05, 3.63) is 52.3 Å². The number of halogens is 1. The first-order chi connectivity index (χ1) is 9.38. The van der Waals surface area contributed by atoms with E-state index < -0.39 is 11.9 Å². The second-order valence-electron chi connectivity index (χ2n) is 4.46. The van der Waals surface area contributed by atoms with Crippen LogP contribution in [-0.4, -0.2) is 21.6 Å². The Balaban J connectivity index is 2.33. The third-order valence-electron chi connectivity index (χ3n) is 2.86. The van der Waals surface area contributed by atoms with Gasteiger partial charge in [-0.15, -0.1) is 0 Å². The van der Waals surface area contributed by atoms with Crippen LogP contribution in [0.4, 0.5) is 5.69 Å². The summed E-state index contributed by atoms with van der Waals surface area (Å²) < 4.78 is 1.58. The molecule has 2 aromatic rings. The zero-order valence-electron chi connectivity index (χ0n) is 11.0. The number of aryl methyl sites for hydroxylation is 2. The number of carboxylic acids is 1. The van der Waals surface area contributed by atoms with Crippen molar-refractivity contribution in [2.75, 3.05) is 5.32 Å². The van der Waals surface area contributed by atoms with Crippen molar-refractivity contribution in [1.82, 2.24) is 4.57 Å². The first-order valence-corrected chi connectivity index (χ1v) is 6.23. The van der Waals surface area contributed by atoms with Crippen LogP contribution in [0.25, 0.3) is 0 Å². The zero-order chi connectivity index (χ0) is 14.9. The van der Waals surface area contributed by atoms with Crippen LogP contribution < -0.4 is 5.32 Å². The van der Waals surface area contributed by atoms with Crippen LogP contribution in [0.15, 0.2) is 30.5 Å². The van der Waals surface area contributed by atoms with E-state index in [2.05, 4.69) is 5.32 Å². The minimum atomic E-state index is -1.09. The van der Waals surface area contributed by atoms with Gasteiger partial charge in [0.2, 0.25) is 0 Å². The quantitative estimate of drug-likeness (QED) is 0.913. The fourth-order valence-electron chi connectivity index (χ4n) is 1.88. The van der Waals surface area contributed by atoms with Gasteiger partial charge in [0.15, 0.2) is 0 Å². The summed E-state index contributed by atoms with van der Waals surface area (Å²) in [6.07, 6.45) is 1.60. The molecule has 20 heavy (non-hydrogen) atoms. The summed E-state index contributed by atoms with van der Waals surface area (Å²) in [7, 11) is 1.69. The highest BCUT2D eigenvalue weighted by Crippen LogP contribution is 2.20. The molecule has 0 bridgehead atoms. The third-order valence-corrected chi connectivity index (χ3v) is 3.06. The lowest BCUT2D eigenvalue weighted by molar-refractivity contribution is 0.0698. The molecule has 0 aliphatic heterocycles. The van der Waals surface area contributed by atoms with Crippen molar-refractivity contribution in [3.63, 3.8) is 0 Å². The molecule has 0 fully saturated rings. The van der Waals surface area contributed by atoms with E-state index in [0.717, 1.165) is 5.56 Å². The third kappa shape index (κ3) is 2.83. The molecule has 1 aromatic heterocycles. The first kappa shape index (κ1) is 14.1. The predicted octanol–water partition coefficient (Wildman–Crippen LogP) is 2.94. The summed E-state index contributed by atoms with van der Waals surface area (Å²) in [4.78, 5) is 23.3. The molecule has 1 amide bonds. The van der Waals surface area contributed by atoms with Crippen LogP contribution in [0, 0.1) is 6.92 Å². The standard InChI is InChI=1S/C14H13ClN2O3/c1-8-3-4-11(10(5-8)14(19)20)16-13(18)12-6-9(15)7-17(12)2/h3-7H,1-2H3,(H,16,18)(H,19,20). The van der Waals surface area contributed by atoms with Crippen LogP contribution >= 0.6 is 11.6 Å². The molecule has 0 atom stereocenters. The molecule has 0 saturated heterocycles. The Morgan fingerprint density at radius 2 is 2.00 bits per heavy atom. The topological polar surface area (TPSA) is 71.3 Å². The Kier molecular flexibility index (Phi) is 3.81. The van der Waals surface area contributed by atoms with Crippen LogP contribution in [-0.2, 0) is 7.05 Å². The molecule has 0 aliphatic rings. The highest BCUT2D eigenvalue weighted by atomic mass is 35.5. The average Bonchev–Trinajstić information content (AvgIpc) is 2.70. The minimum Gasteiger partial charge on any atom is -0.478 e. The van der Waals surface area contributed by atoms with Gasteiger partial charge >= 0.3 is 5.97 Å². The van der Waals surface area contributed by atoms with Gasteiger partial charge in [-0.1, -0.05) is 23.2 Å². The van der Waals surface area contributed by atoms with E-state index in [4.69, 9.17) is 16.7 Å². The van der Waals surface area contributed by atoms with Gasteiger partial charge < -0.3 is 15.0 Å². The Hall–Kier alpha value is -2.27. The summed E-state index contributed by atoms with van der Waals surface area (Å²) in [5, 5.41) is 12.2. The predicted molar refractivity (Wildman–Crippen MR) is 76.5 cm³/mol. The number of carboxylic acid groups (broad SMARTS) is 1. The van der Waals surface area contributed by atoms with E-state index in [1.807, 2.05) is 0 Å². The summed E-state index contributed by atoms with van der Waals surface area (Å²) in [5.74, 6) is -1.50. The molecule has 0 aliphatic carbocycles. The van der Waals surface area contributed by atoms with Gasteiger partial charge in [0.05, 0.1) is 16.3 Å². The van der Waals surface area contributed by atoms with E-state index in [9.17, 15) is 9.59 Å². The smallest absolute Gasteiger partial charge is 0.337 e. The Morgan fingerprint density at radius 3 is 2.55 bits per heavy atom. The molecule has 0 radical (unpaired) electrons. The fraction of sp³-hybridized carbons (Fsp3) is 0.143. The van der Waals surface area contributed by atoms with E-state index in [1.54, 1.807) is 36.9 Å². The van der Waals surface area contributed by atoms with E-state index in [-0.39, 0.29) is 11.3 Å². The summed E-state index contributed by atoms with van der Waals surface area (Å²) in [6, 6.07) is 6.34. The van der Waals surface area contributed by atoms with Gasteiger partial charge in [-0.2, -0.15) is 0 Å². The number of nitrogens with one attached hydrogen (secondary N) is 1. The van der Waals surface area contributed by atoms with Gasteiger partial charge in [-0.05, 0) is 25.1 Å². The number of aromatic nitrogens is 1. The first-order valence-electron chi connectivity index (χ1n) is 5.85. The number of hydrogen-bond acceptors (Lipinski definition) is 2. The van der Waals surface area contributed by atoms with E-state index in [0.29, 0.717) is 10.7 Å². The van der Waals surface area contributed by atoms with Crippen LogP contribution in [0.2, 0.25) is 5.02 Å². The van der Waals surface area contributed by atoms with Gasteiger partial charge in [0.25, 0.3) is 5.91 Å². The number of aromatic carboxylic acids is 1. The van der Waals surface area contributed by atoms with Crippen LogP contribution in [0.1, 0.15) is 26.4 Å². The Morgan fingerprint density at radius 1 is 1.30 bits per heavy atom. The number of carbonyl (C=O) groups is 2. The number of amides is 1. The maximum absolute atomic E-state index is 12.1. The highest BCUT2D eigenvalue weighted by molar-refractivity contribution is 6.31. The molecule has 0 spiro atoms. The van der Waals surface area contributed by atoms with Gasteiger partial charge in [0.1, 0.15) is 5.69 Å². The maximum Gasteiger partial charge on any atom is 0.337 e. The summed E-state index contributed by atoms with van der Waals surface area (Å²) in [6.45, 7) is 1.79. The SMILES string of the molecule is Cc1ccc(NC(=O)c2cc(Cl)cn2C)c(C(=O)O)c1. The van der Waals surface area contributed by atoms with Crippen molar-refractivity contribution in [3.8, 4) is 0 Å². The van der Waals surface area contributed by atoms with Crippen molar-refractivity contribution >= 4 is 29.2 Å². The molecule has 0 saturated carbocycles. The molecule has 6 heteroatoms. The van der Waals surface area contributed by atoms with E-state index in [1.165, 1.54) is 12.1 Å². The summed E-state index contributed by atoms with van der Waals surface area (Å²) >= 11 is 5.82. The molecule has 1 aromatic carbocycles. The van der Waals surface area contributed by atoms with Crippen molar-refractivity contribution in [1.29, 1.82) is 0 Å². The molecule has 104 valence electrons. The number of nitrogens with zero attached hydrogens (tertiary/aromatic N) is 1. The number of benzene rings is 1. The second-order valence-corrected chi connectivity index (χ2v) is 4.90. The fourth-order valence-corrected chi connectivity index (χ4v) is 2.13. The highest BCUT2D eigenvalue weighted by Gasteiger charge is 2.16. The minimum absolute atomic E-state index is 0.0543. The van der Waals surface area contributed by atoms with Crippen molar-refractivity contribution < 1.29 is 14.7 Å². The molecule has 5 nitrogen and oxygen atoms in total. The van der Waals surface area contributed by atoms with Gasteiger partial charge in [0, 0.05) is 13.2 Å². The maximum atomic E-state index is 12.1. The van der Waals surface area contributed by atoms with E-state index >= 15 is 0 Å². The molecule has 0 unspecified atom stereocenters. The number of anilines is 1. The van der Waals surface area contributed by atoms with Crippen LogP contribution in [0.5, 0.6) is 0 Å². The Bertz CT molecular complexity index is 692. The number of rotatable bonds is 3. The largest absolute Gasteiger partial charge is 0.478 e. The molecular weight excluding hydrogens is 280 g/mol. The lowest BCUT2D eigenvalue weighted by atomic mass is 10.1. The lowest BCUT2D eigenvalue weighted by Crippen LogP contribution is -2.17. The molecule has 1 heterocycles. The summed E-state index contributed by atoms with van der Waals surface area (Å²) in [5.41, 5.74) is 1.47. The zero-order valence-corrected chi connectivity index (χ0v) is 11.7. The molecular formula is C14H13ClN2O3. The van der Waals surface area contributed by atoms with Gasteiger partial charge in [-0.3, -0.25) is 4.79 Å².